The zero-order chi connectivity index (χ0) is 24.0. The minimum absolute atomic E-state index is 0.00434. The Bertz CT molecular complexity index is 1430. The maximum Gasteiger partial charge on any atom is 0.450 e. The van der Waals surface area contributed by atoms with Crippen LogP contribution < -0.4 is 15.4 Å². The summed E-state index contributed by atoms with van der Waals surface area (Å²) in [6.07, 6.45) is -2.95. The van der Waals surface area contributed by atoms with E-state index in [2.05, 4.69) is 6.92 Å². The van der Waals surface area contributed by atoms with Gasteiger partial charge in [0.15, 0.2) is 0 Å². The molecule has 0 aliphatic carbocycles. The number of halogens is 3. The average Bonchev–Trinajstić information content (AvgIpc) is 2.81. The highest BCUT2D eigenvalue weighted by Crippen LogP contribution is 2.40. The van der Waals surface area contributed by atoms with Gasteiger partial charge in [-0.3, -0.25) is 4.79 Å². The molecule has 176 valence electrons. The van der Waals surface area contributed by atoms with Crippen LogP contribution in [-0.2, 0) is 12.7 Å². The van der Waals surface area contributed by atoms with Crippen molar-refractivity contribution in [2.24, 2.45) is 5.92 Å². The molecule has 0 saturated carbocycles. The van der Waals surface area contributed by atoms with E-state index in [1.807, 2.05) is 0 Å². The summed E-state index contributed by atoms with van der Waals surface area (Å²) in [6, 6.07) is 14.4. The molecule has 1 saturated heterocycles. The fourth-order valence-electron chi connectivity index (χ4n) is 4.95. The standard InChI is InChI=1S/C27H24F3NO3/c1-16-11-13-31(14-12-16)15-21-22(32)10-9-20-24(33)23(26(27(28,29)30)34-25(20)21)19-8-4-6-17-5-2-3-7-18(17)19/h2-10,16,32H,11-15H2,1H3. The third kappa shape index (κ3) is 3.94. The van der Waals surface area contributed by atoms with E-state index in [4.69, 9.17) is 4.42 Å². The van der Waals surface area contributed by atoms with E-state index in [0.717, 1.165) is 30.8 Å². The van der Waals surface area contributed by atoms with E-state index in [0.29, 0.717) is 16.7 Å². The highest BCUT2D eigenvalue weighted by molar-refractivity contribution is 5.99. The SMILES string of the molecule is CC1CC[NH+](Cc2c([O-])ccc3c(=O)c(-c4cccc5ccccc45)c(C(F)(F)F)oc23)CC1. The van der Waals surface area contributed by atoms with Crippen LogP contribution in [0.3, 0.4) is 0 Å². The Morgan fingerprint density at radius 3 is 2.44 bits per heavy atom. The first-order valence-electron chi connectivity index (χ1n) is 11.4. The molecular formula is C27H24F3NO3. The summed E-state index contributed by atoms with van der Waals surface area (Å²) < 4.78 is 48.3. The highest BCUT2D eigenvalue weighted by atomic mass is 19.4. The molecule has 0 atom stereocenters. The monoisotopic (exact) mass is 467 g/mol. The summed E-state index contributed by atoms with van der Waals surface area (Å²) in [6.45, 7) is 4.04. The molecule has 0 amide bonds. The Kier molecular flexibility index (Phi) is 5.60. The molecule has 0 unspecified atom stereocenters. The number of hydrogen-bond acceptors (Lipinski definition) is 3. The van der Waals surface area contributed by atoms with Crippen molar-refractivity contribution in [2.45, 2.75) is 32.5 Å². The predicted octanol–water partition coefficient (Wildman–Crippen LogP) is 4.52. The van der Waals surface area contributed by atoms with Crippen LogP contribution in [0.25, 0.3) is 32.9 Å². The van der Waals surface area contributed by atoms with Gasteiger partial charge in [0.05, 0.1) is 24.0 Å². The van der Waals surface area contributed by atoms with Gasteiger partial charge in [0.2, 0.25) is 11.2 Å². The molecule has 1 aromatic heterocycles. The van der Waals surface area contributed by atoms with Crippen molar-refractivity contribution in [3.8, 4) is 16.9 Å². The Labute approximate surface area is 194 Å². The molecule has 0 bridgehead atoms. The van der Waals surface area contributed by atoms with Gasteiger partial charge >= 0.3 is 6.18 Å². The van der Waals surface area contributed by atoms with Crippen molar-refractivity contribution in [1.82, 2.24) is 0 Å². The lowest BCUT2D eigenvalue weighted by atomic mass is 9.95. The zero-order valence-corrected chi connectivity index (χ0v) is 18.7. The van der Waals surface area contributed by atoms with E-state index in [1.54, 1.807) is 36.4 Å². The maximum atomic E-state index is 14.3. The van der Waals surface area contributed by atoms with Crippen molar-refractivity contribution in [3.63, 3.8) is 0 Å². The molecule has 4 aromatic rings. The van der Waals surface area contributed by atoms with Crippen LogP contribution in [-0.4, -0.2) is 13.1 Å². The summed E-state index contributed by atoms with van der Waals surface area (Å²) in [4.78, 5) is 14.7. The Morgan fingerprint density at radius 1 is 1.00 bits per heavy atom. The quantitative estimate of drug-likeness (QED) is 0.482. The lowest BCUT2D eigenvalue weighted by Crippen LogP contribution is -3.11. The molecule has 5 rings (SSSR count). The Morgan fingerprint density at radius 2 is 1.71 bits per heavy atom. The second-order valence-electron chi connectivity index (χ2n) is 9.19. The van der Waals surface area contributed by atoms with Gasteiger partial charge in [-0.1, -0.05) is 61.2 Å². The van der Waals surface area contributed by atoms with Gasteiger partial charge in [0.25, 0.3) is 0 Å². The van der Waals surface area contributed by atoms with Gasteiger partial charge in [0, 0.05) is 5.56 Å². The maximum absolute atomic E-state index is 14.3. The van der Waals surface area contributed by atoms with Gasteiger partial charge in [0.1, 0.15) is 12.1 Å². The molecule has 2 heterocycles. The van der Waals surface area contributed by atoms with Crippen LogP contribution in [0.5, 0.6) is 5.75 Å². The van der Waals surface area contributed by atoms with Crippen LogP contribution in [0.15, 0.2) is 63.8 Å². The fourth-order valence-corrected chi connectivity index (χ4v) is 4.95. The van der Waals surface area contributed by atoms with Gasteiger partial charge in [-0.05, 0) is 41.2 Å². The van der Waals surface area contributed by atoms with E-state index >= 15 is 0 Å². The largest absolute Gasteiger partial charge is 0.872 e. The van der Waals surface area contributed by atoms with Crippen LogP contribution in [0.1, 0.15) is 31.1 Å². The van der Waals surface area contributed by atoms with Crippen LogP contribution in [0, 0.1) is 5.92 Å². The minimum atomic E-state index is -4.91. The predicted molar refractivity (Wildman–Crippen MR) is 123 cm³/mol. The number of alkyl halides is 3. The third-order valence-corrected chi connectivity index (χ3v) is 6.84. The topological polar surface area (TPSA) is 57.7 Å². The first-order chi connectivity index (χ1) is 16.2. The first kappa shape index (κ1) is 22.5. The lowest BCUT2D eigenvalue weighted by Gasteiger charge is -2.29. The molecular weight excluding hydrogens is 443 g/mol. The number of quaternary nitrogens is 1. The number of piperidine rings is 1. The summed E-state index contributed by atoms with van der Waals surface area (Å²) in [5, 5.41) is 13.9. The molecule has 0 radical (unpaired) electrons. The molecule has 34 heavy (non-hydrogen) atoms. The van der Waals surface area contributed by atoms with Crippen molar-refractivity contribution in [2.75, 3.05) is 13.1 Å². The summed E-state index contributed by atoms with van der Waals surface area (Å²) in [7, 11) is 0. The zero-order valence-electron chi connectivity index (χ0n) is 18.7. The average molecular weight is 467 g/mol. The van der Waals surface area contributed by atoms with Gasteiger partial charge < -0.3 is 14.4 Å². The minimum Gasteiger partial charge on any atom is -0.872 e. The van der Waals surface area contributed by atoms with E-state index in [9.17, 15) is 23.1 Å². The van der Waals surface area contributed by atoms with Crippen molar-refractivity contribution in [3.05, 3.63) is 76.1 Å². The molecule has 1 fully saturated rings. The number of hydrogen-bond donors (Lipinski definition) is 1. The molecule has 1 aliphatic heterocycles. The Balaban J connectivity index is 1.76. The molecule has 4 nitrogen and oxygen atoms in total. The highest BCUT2D eigenvalue weighted by Gasteiger charge is 2.40. The molecule has 0 spiro atoms. The second kappa shape index (κ2) is 8.47. The number of fused-ring (bicyclic) bond motifs is 2. The normalized spacial score (nSPS) is 19.1. The van der Waals surface area contributed by atoms with Crippen LogP contribution in [0.2, 0.25) is 0 Å². The number of likely N-dealkylation sites (tertiary alicyclic amines) is 1. The smallest absolute Gasteiger partial charge is 0.450 e. The lowest BCUT2D eigenvalue weighted by molar-refractivity contribution is -0.919. The summed E-state index contributed by atoms with van der Waals surface area (Å²) in [5.41, 5.74) is -1.27. The van der Waals surface area contributed by atoms with Gasteiger partial charge in [-0.2, -0.15) is 13.2 Å². The van der Waals surface area contributed by atoms with E-state index < -0.39 is 28.7 Å². The van der Waals surface area contributed by atoms with Crippen LogP contribution >= 0.6 is 0 Å². The van der Waals surface area contributed by atoms with Gasteiger partial charge in [-0.25, -0.2) is 0 Å². The van der Waals surface area contributed by atoms with Crippen LogP contribution in [0.4, 0.5) is 13.2 Å². The van der Waals surface area contributed by atoms with E-state index in [-0.39, 0.29) is 28.6 Å². The number of rotatable bonds is 3. The second-order valence-corrected chi connectivity index (χ2v) is 9.19. The van der Waals surface area contributed by atoms with Crippen molar-refractivity contribution >= 4 is 21.7 Å². The molecule has 3 aromatic carbocycles. The number of nitrogens with one attached hydrogen (secondary N) is 1. The van der Waals surface area contributed by atoms with Gasteiger partial charge in [-0.15, -0.1) is 0 Å². The molecule has 1 N–H and O–H groups in total. The first-order valence-corrected chi connectivity index (χ1v) is 11.4. The molecule has 1 aliphatic rings. The summed E-state index contributed by atoms with van der Waals surface area (Å²) >= 11 is 0. The van der Waals surface area contributed by atoms with E-state index in [1.165, 1.54) is 18.2 Å². The fraction of sp³-hybridized carbons (Fsp3) is 0.296. The van der Waals surface area contributed by atoms with Crippen molar-refractivity contribution in [1.29, 1.82) is 0 Å². The van der Waals surface area contributed by atoms with Crippen molar-refractivity contribution < 1.29 is 27.6 Å². The summed E-state index contributed by atoms with van der Waals surface area (Å²) in [5.74, 6) is -1.19. The Hall–Kier alpha value is -3.32. The molecule has 7 heteroatoms. The third-order valence-electron chi connectivity index (χ3n) is 6.84. The number of benzene rings is 3.